The number of carbonyl (C=O) groups is 1. The Bertz CT molecular complexity index is 378. The predicted octanol–water partition coefficient (Wildman–Crippen LogP) is 1.81. The maximum Gasteiger partial charge on any atom is 0.236 e. The SMILES string of the molecule is O=C1CNCCCN1CCc1ccc(Br)cc1. The van der Waals surface area contributed by atoms with Crippen molar-refractivity contribution in [1.82, 2.24) is 10.2 Å². The van der Waals surface area contributed by atoms with Gasteiger partial charge in [0.15, 0.2) is 0 Å². The first-order valence-corrected chi connectivity index (χ1v) is 6.78. The number of rotatable bonds is 3. The molecular weight excluding hydrogens is 280 g/mol. The second kappa shape index (κ2) is 6.17. The molecule has 1 heterocycles. The van der Waals surface area contributed by atoms with Crippen LogP contribution in [0.2, 0.25) is 0 Å². The summed E-state index contributed by atoms with van der Waals surface area (Å²) >= 11 is 3.42. The third-order valence-corrected chi connectivity index (χ3v) is 3.52. The van der Waals surface area contributed by atoms with Gasteiger partial charge in [0.05, 0.1) is 6.54 Å². The summed E-state index contributed by atoms with van der Waals surface area (Å²) in [5.41, 5.74) is 1.28. The summed E-state index contributed by atoms with van der Waals surface area (Å²) in [6, 6.07) is 8.29. The Hall–Kier alpha value is -0.870. The van der Waals surface area contributed by atoms with Gasteiger partial charge in [-0.25, -0.2) is 0 Å². The van der Waals surface area contributed by atoms with E-state index in [2.05, 4.69) is 33.4 Å². The highest BCUT2D eigenvalue weighted by Crippen LogP contribution is 2.11. The van der Waals surface area contributed by atoms with Crippen LogP contribution in [-0.2, 0) is 11.2 Å². The molecule has 1 aromatic carbocycles. The highest BCUT2D eigenvalue weighted by molar-refractivity contribution is 9.10. The molecule has 2 rings (SSSR count). The number of hydrogen-bond donors (Lipinski definition) is 1. The molecule has 0 radical (unpaired) electrons. The molecule has 17 heavy (non-hydrogen) atoms. The lowest BCUT2D eigenvalue weighted by atomic mass is 10.1. The first-order valence-electron chi connectivity index (χ1n) is 5.98. The van der Waals surface area contributed by atoms with Crippen molar-refractivity contribution < 1.29 is 4.79 Å². The van der Waals surface area contributed by atoms with Crippen LogP contribution < -0.4 is 5.32 Å². The van der Waals surface area contributed by atoms with Gasteiger partial charge in [0, 0.05) is 17.6 Å². The minimum atomic E-state index is 0.222. The lowest BCUT2D eigenvalue weighted by Gasteiger charge is -2.20. The van der Waals surface area contributed by atoms with Crippen molar-refractivity contribution in [3.05, 3.63) is 34.3 Å². The largest absolute Gasteiger partial charge is 0.341 e. The Morgan fingerprint density at radius 2 is 2.06 bits per heavy atom. The lowest BCUT2D eigenvalue weighted by Crippen LogP contribution is -2.36. The second-order valence-corrected chi connectivity index (χ2v) is 5.20. The Labute approximate surface area is 110 Å². The highest BCUT2D eigenvalue weighted by Gasteiger charge is 2.15. The molecule has 0 aromatic heterocycles. The molecule has 1 saturated heterocycles. The van der Waals surface area contributed by atoms with Crippen LogP contribution in [0.5, 0.6) is 0 Å². The van der Waals surface area contributed by atoms with Crippen molar-refractivity contribution in [2.24, 2.45) is 0 Å². The van der Waals surface area contributed by atoms with Crippen LogP contribution in [0.25, 0.3) is 0 Å². The molecule has 1 aliphatic rings. The van der Waals surface area contributed by atoms with Crippen molar-refractivity contribution in [1.29, 1.82) is 0 Å². The highest BCUT2D eigenvalue weighted by atomic mass is 79.9. The number of nitrogens with one attached hydrogen (secondary N) is 1. The zero-order valence-electron chi connectivity index (χ0n) is 9.79. The van der Waals surface area contributed by atoms with E-state index < -0.39 is 0 Å². The lowest BCUT2D eigenvalue weighted by molar-refractivity contribution is -0.129. The zero-order chi connectivity index (χ0) is 12.1. The minimum absolute atomic E-state index is 0.222. The molecule has 4 heteroatoms. The van der Waals surface area contributed by atoms with E-state index in [1.807, 2.05) is 17.0 Å². The normalized spacial score (nSPS) is 17.0. The van der Waals surface area contributed by atoms with Crippen LogP contribution in [0, 0.1) is 0 Å². The smallest absolute Gasteiger partial charge is 0.236 e. The van der Waals surface area contributed by atoms with E-state index in [0.717, 1.165) is 36.9 Å². The summed E-state index contributed by atoms with van der Waals surface area (Å²) in [7, 11) is 0. The number of carbonyl (C=O) groups excluding carboxylic acids is 1. The van der Waals surface area contributed by atoms with Crippen LogP contribution >= 0.6 is 15.9 Å². The van der Waals surface area contributed by atoms with Gasteiger partial charge in [0.1, 0.15) is 0 Å². The summed E-state index contributed by atoms with van der Waals surface area (Å²) < 4.78 is 1.09. The maximum absolute atomic E-state index is 11.7. The molecule has 1 fully saturated rings. The van der Waals surface area contributed by atoms with Gasteiger partial charge in [-0.05, 0) is 37.1 Å². The van der Waals surface area contributed by atoms with Gasteiger partial charge >= 0.3 is 0 Å². The maximum atomic E-state index is 11.7. The topological polar surface area (TPSA) is 32.3 Å². The average molecular weight is 297 g/mol. The summed E-state index contributed by atoms with van der Waals surface area (Å²) in [6.07, 6.45) is 1.98. The van der Waals surface area contributed by atoms with Crippen molar-refractivity contribution >= 4 is 21.8 Å². The van der Waals surface area contributed by atoms with Crippen molar-refractivity contribution in [2.45, 2.75) is 12.8 Å². The summed E-state index contributed by atoms with van der Waals surface area (Å²) in [5.74, 6) is 0.222. The third-order valence-electron chi connectivity index (χ3n) is 2.99. The van der Waals surface area contributed by atoms with E-state index in [1.54, 1.807) is 0 Å². The van der Waals surface area contributed by atoms with Crippen LogP contribution in [0.4, 0.5) is 0 Å². The molecule has 0 saturated carbocycles. The molecule has 0 aliphatic carbocycles. The van der Waals surface area contributed by atoms with E-state index >= 15 is 0 Å². The Kier molecular flexibility index (Phi) is 4.57. The molecule has 0 atom stereocenters. The first-order chi connectivity index (χ1) is 8.25. The number of nitrogens with zero attached hydrogens (tertiary/aromatic N) is 1. The molecule has 1 N–H and O–H groups in total. The summed E-state index contributed by atoms with van der Waals surface area (Å²) in [5, 5.41) is 3.14. The quantitative estimate of drug-likeness (QED) is 0.923. The number of benzene rings is 1. The van der Waals surface area contributed by atoms with E-state index in [1.165, 1.54) is 5.56 Å². The molecule has 1 aliphatic heterocycles. The number of amides is 1. The fraction of sp³-hybridized carbons (Fsp3) is 0.462. The van der Waals surface area contributed by atoms with Gasteiger partial charge in [-0.1, -0.05) is 28.1 Å². The molecule has 92 valence electrons. The van der Waals surface area contributed by atoms with E-state index in [9.17, 15) is 4.79 Å². The molecule has 1 aromatic rings. The van der Waals surface area contributed by atoms with Crippen molar-refractivity contribution in [2.75, 3.05) is 26.2 Å². The molecule has 0 spiro atoms. The van der Waals surface area contributed by atoms with Crippen LogP contribution in [0.3, 0.4) is 0 Å². The first kappa shape index (κ1) is 12.6. The standard InChI is InChI=1S/C13H17BrN2O/c14-12-4-2-11(3-5-12)6-9-16-8-1-7-15-10-13(16)17/h2-5,15H,1,6-10H2. The fourth-order valence-electron chi connectivity index (χ4n) is 1.98. The average Bonchev–Trinajstić information content (AvgIpc) is 2.54. The molecule has 3 nitrogen and oxygen atoms in total. The predicted molar refractivity (Wildman–Crippen MR) is 71.9 cm³/mol. The van der Waals surface area contributed by atoms with Gasteiger partial charge in [-0.2, -0.15) is 0 Å². The third kappa shape index (κ3) is 3.82. The monoisotopic (exact) mass is 296 g/mol. The zero-order valence-corrected chi connectivity index (χ0v) is 11.4. The second-order valence-electron chi connectivity index (χ2n) is 4.29. The summed E-state index contributed by atoms with van der Waals surface area (Å²) in [4.78, 5) is 13.7. The molecule has 0 unspecified atom stereocenters. The molecule has 1 amide bonds. The van der Waals surface area contributed by atoms with Gasteiger partial charge in [0.25, 0.3) is 0 Å². The Balaban J connectivity index is 1.88. The number of halogens is 1. The van der Waals surface area contributed by atoms with Crippen molar-refractivity contribution in [3.63, 3.8) is 0 Å². The van der Waals surface area contributed by atoms with Gasteiger partial charge < -0.3 is 10.2 Å². The summed E-state index contributed by atoms with van der Waals surface area (Å²) in [6.45, 7) is 3.13. The number of hydrogen-bond acceptors (Lipinski definition) is 2. The Morgan fingerprint density at radius 1 is 1.29 bits per heavy atom. The van der Waals surface area contributed by atoms with Gasteiger partial charge in [-0.15, -0.1) is 0 Å². The molecular formula is C13H17BrN2O. The minimum Gasteiger partial charge on any atom is -0.341 e. The van der Waals surface area contributed by atoms with E-state index in [4.69, 9.17) is 0 Å². The van der Waals surface area contributed by atoms with E-state index in [-0.39, 0.29) is 5.91 Å². The fourth-order valence-corrected chi connectivity index (χ4v) is 2.24. The van der Waals surface area contributed by atoms with Crippen LogP contribution in [0.1, 0.15) is 12.0 Å². The molecule has 0 bridgehead atoms. The van der Waals surface area contributed by atoms with Crippen molar-refractivity contribution in [3.8, 4) is 0 Å². The van der Waals surface area contributed by atoms with Gasteiger partial charge in [-0.3, -0.25) is 4.79 Å². The van der Waals surface area contributed by atoms with Crippen LogP contribution in [-0.4, -0.2) is 37.0 Å². The van der Waals surface area contributed by atoms with Crippen LogP contribution in [0.15, 0.2) is 28.7 Å². The van der Waals surface area contributed by atoms with E-state index in [0.29, 0.717) is 6.54 Å². The Morgan fingerprint density at radius 3 is 2.82 bits per heavy atom. The van der Waals surface area contributed by atoms with Gasteiger partial charge in [0.2, 0.25) is 5.91 Å².